The first kappa shape index (κ1) is 10.5. The number of ether oxygens (including phenoxy) is 1. The van der Waals surface area contributed by atoms with Crippen molar-refractivity contribution in [2.45, 2.75) is 32.9 Å². The predicted octanol–water partition coefficient (Wildman–Crippen LogP) is 1.89. The number of hydrogen-bond acceptors (Lipinski definition) is 2. The Hall–Kier alpha value is -0.600. The summed E-state index contributed by atoms with van der Waals surface area (Å²) in [5.74, 6) is 0. The normalized spacial score (nSPS) is 31.2. The summed E-state index contributed by atoms with van der Waals surface area (Å²) in [5, 5.41) is 3.41. The highest BCUT2D eigenvalue weighted by molar-refractivity contribution is 5.23. The minimum atomic E-state index is 0.234. The van der Waals surface area contributed by atoms with Crippen molar-refractivity contribution >= 4 is 0 Å². The van der Waals surface area contributed by atoms with Crippen LogP contribution in [0.1, 0.15) is 20.8 Å². The van der Waals surface area contributed by atoms with Gasteiger partial charge in [-0.05, 0) is 26.3 Å². The fraction of sp³-hybridized carbons (Fsp3) is 0.636. The molecule has 0 radical (unpaired) electrons. The quantitative estimate of drug-likeness (QED) is 0.657. The van der Waals surface area contributed by atoms with Gasteiger partial charge in [-0.15, -0.1) is 0 Å². The smallest absolute Gasteiger partial charge is 0.0946 e. The van der Waals surface area contributed by atoms with Gasteiger partial charge in [0.25, 0.3) is 0 Å². The Kier molecular flexibility index (Phi) is 4.19. The van der Waals surface area contributed by atoms with Gasteiger partial charge in [0.15, 0.2) is 0 Å². The molecule has 0 bridgehead atoms. The van der Waals surface area contributed by atoms with Crippen LogP contribution in [0.5, 0.6) is 0 Å². The molecule has 1 N–H and O–H groups in total. The fourth-order valence-corrected chi connectivity index (χ4v) is 1.48. The molecule has 13 heavy (non-hydrogen) atoms. The Morgan fingerprint density at radius 2 is 2.23 bits per heavy atom. The lowest BCUT2D eigenvalue weighted by atomic mass is 10.1. The van der Waals surface area contributed by atoms with Crippen LogP contribution in [0.4, 0.5) is 0 Å². The largest absolute Gasteiger partial charge is 0.371 e. The number of nitrogens with one attached hydrogen (secondary N) is 1. The maximum atomic E-state index is 5.71. The SMILES string of the molecule is C/C=C\C(=C/C)[C@H]1CN[C@@H](C)CO1. The van der Waals surface area contributed by atoms with E-state index in [1.165, 1.54) is 5.57 Å². The molecule has 0 aromatic carbocycles. The van der Waals surface area contributed by atoms with Gasteiger partial charge in [-0.2, -0.15) is 0 Å². The van der Waals surface area contributed by atoms with Gasteiger partial charge in [0, 0.05) is 12.6 Å². The highest BCUT2D eigenvalue weighted by Crippen LogP contribution is 2.12. The zero-order chi connectivity index (χ0) is 9.68. The average molecular weight is 181 g/mol. The van der Waals surface area contributed by atoms with Crippen LogP contribution in [0.25, 0.3) is 0 Å². The van der Waals surface area contributed by atoms with Gasteiger partial charge in [-0.25, -0.2) is 0 Å². The lowest BCUT2D eigenvalue weighted by molar-refractivity contribution is 0.0315. The van der Waals surface area contributed by atoms with Gasteiger partial charge in [-0.1, -0.05) is 18.2 Å². The molecular formula is C11H19NO. The molecule has 0 aromatic heterocycles. The number of morpholine rings is 1. The average Bonchev–Trinajstić information content (AvgIpc) is 2.16. The molecule has 2 atom stereocenters. The summed E-state index contributed by atoms with van der Waals surface area (Å²) in [5.41, 5.74) is 1.27. The summed E-state index contributed by atoms with van der Waals surface area (Å²) in [6.45, 7) is 7.95. The first-order valence-electron chi connectivity index (χ1n) is 4.91. The van der Waals surface area contributed by atoms with E-state index in [0.717, 1.165) is 13.2 Å². The number of allylic oxidation sites excluding steroid dienone is 2. The Labute approximate surface area is 80.7 Å². The molecule has 2 nitrogen and oxygen atoms in total. The maximum absolute atomic E-state index is 5.71. The third kappa shape index (κ3) is 2.98. The van der Waals surface area contributed by atoms with E-state index >= 15 is 0 Å². The lowest BCUT2D eigenvalue weighted by Gasteiger charge is -2.29. The summed E-state index contributed by atoms with van der Waals surface area (Å²) in [4.78, 5) is 0. The molecule has 0 saturated carbocycles. The summed E-state index contributed by atoms with van der Waals surface area (Å²) in [7, 11) is 0. The van der Waals surface area contributed by atoms with Crippen molar-refractivity contribution in [1.82, 2.24) is 5.32 Å². The summed E-state index contributed by atoms with van der Waals surface area (Å²) in [6.07, 6.45) is 6.51. The summed E-state index contributed by atoms with van der Waals surface area (Å²) < 4.78 is 5.71. The molecule has 0 spiro atoms. The topological polar surface area (TPSA) is 21.3 Å². The predicted molar refractivity (Wildman–Crippen MR) is 55.8 cm³/mol. The van der Waals surface area contributed by atoms with Crippen molar-refractivity contribution in [2.24, 2.45) is 0 Å². The first-order valence-corrected chi connectivity index (χ1v) is 4.91. The Bertz CT molecular complexity index is 200. The molecule has 1 fully saturated rings. The molecule has 1 saturated heterocycles. The van der Waals surface area contributed by atoms with Crippen molar-refractivity contribution in [1.29, 1.82) is 0 Å². The molecule has 0 amide bonds. The Morgan fingerprint density at radius 1 is 1.46 bits per heavy atom. The number of hydrogen-bond donors (Lipinski definition) is 1. The summed E-state index contributed by atoms with van der Waals surface area (Å²) in [6, 6.07) is 0.486. The highest BCUT2D eigenvalue weighted by atomic mass is 16.5. The third-order valence-electron chi connectivity index (χ3n) is 2.26. The van der Waals surface area contributed by atoms with Crippen molar-refractivity contribution in [3.63, 3.8) is 0 Å². The first-order chi connectivity index (χ1) is 6.27. The van der Waals surface area contributed by atoms with Crippen LogP contribution < -0.4 is 5.32 Å². The van der Waals surface area contributed by atoms with Crippen molar-refractivity contribution < 1.29 is 4.74 Å². The van der Waals surface area contributed by atoms with Crippen LogP contribution in [-0.4, -0.2) is 25.3 Å². The second-order valence-corrected chi connectivity index (χ2v) is 3.42. The van der Waals surface area contributed by atoms with Gasteiger partial charge in [0.2, 0.25) is 0 Å². The van der Waals surface area contributed by atoms with E-state index in [1.807, 2.05) is 6.92 Å². The van der Waals surface area contributed by atoms with Crippen LogP contribution in [0, 0.1) is 0 Å². The van der Waals surface area contributed by atoms with Crippen LogP contribution in [0.3, 0.4) is 0 Å². The second kappa shape index (κ2) is 5.20. The van der Waals surface area contributed by atoms with E-state index in [0.29, 0.717) is 6.04 Å². The minimum absolute atomic E-state index is 0.234. The second-order valence-electron chi connectivity index (χ2n) is 3.42. The molecule has 1 aliphatic rings. The van der Waals surface area contributed by atoms with Crippen molar-refractivity contribution in [2.75, 3.05) is 13.2 Å². The van der Waals surface area contributed by atoms with Crippen LogP contribution in [0.15, 0.2) is 23.8 Å². The fourth-order valence-electron chi connectivity index (χ4n) is 1.48. The standard InChI is InChI=1S/C11H19NO/c1-4-6-10(5-2)11-7-12-9(3)8-13-11/h4-6,9,11-12H,7-8H2,1-3H3/b6-4-,10-5+/t9-,11+/m0/s1. The molecule has 74 valence electrons. The Balaban J connectivity index is 2.52. The zero-order valence-corrected chi connectivity index (χ0v) is 8.71. The molecule has 1 heterocycles. The molecule has 2 heteroatoms. The van der Waals surface area contributed by atoms with Crippen LogP contribution in [0.2, 0.25) is 0 Å². The molecule has 0 aliphatic carbocycles. The molecular weight excluding hydrogens is 162 g/mol. The third-order valence-corrected chi connectivity index (χ3v) is 2.26. The maximum Gasteiger partial charge on any atom is 0.0946 e. The van der Waals surface area contributed by atoms with Gasteiger partial charge >= 0.3 is 0 Å². The molecule has 0 unspecified atom stereocenters. The van der Waals surface area contributed by atoms with E-state index in [1.54, 1.807) is 0 Å². The minimum Gasteiger partial charge on any atom is -0.371 e. The van der Waals surface area contributed by atoms with E-state index in [-0.39, 0.29) is 6.10 Å². The van der Waals surface area contributed by atoms with Gasteiger partial charge in [-0.3, -0.25) is 0 Å². The van der Waals surface area contributed by atoms with Gasteiger partial charge in [0.1, 0.15) is 0 Å². The van der Waals surface area contributed by atoms with E-state index in [9.17, 15) is 0 Å². The van der Waals surface area contributed by atoms with Crippen LogP contribution >= 0.6 is 0 Å². The Morgan fingerprint density at radius 3 is 2.69 bits per heavy atom. The van der Waals surface area contributed by atoms with E-state index in [2.05, 4.69) is 37.4 Å². The van der Waals surface area contributed by atoms with Gasteiger partial charge < -0.3 is 10.1 Å². The van der Waals surface area contributed by atoms with Gasteiger partial charge in [0.05, 0.1) is 12.7 Å². The molecule has 1 rings (SSSR count). The monoisotopic (exact) mass is 181 g/mol. The lowest BCUT2D eigenvalue weighted by Crippen LogP contribution is -2.45. The molecule has 0 aromatic rings. The van der Waals surface area contributed by atoms with Crippen LogP contribution in [-0.2, 0) is 4.74 Å². The highest BCUT2D eigenvalue weighted by Gasteiger charge is 2.19. The van der Waals surface area contributed by atoms with E-state index in [4.69, 9.17) is 4.74 Å². The zero-order valence-electron chi connectivity index (χ0n) is 8.71. The van der Waals surface area contributed by atoms with Crippen molar-refractivity contribution in [3.8, 4) is 0 Å². The summed E-state index contributed by atoms with van der Waals surface area (Å²) >= 11 is 0. The van der Waals surface area contributed by atoms with Crippen molar-refractivity contribution in [3.05, 3.63) is 23.8 Å². The van der Waals surface area contributed by atoms with E-state index < -0.39 is 0 Å². The molecule has 1 aliphatic heterocycles. The number of rotatable bonds is 2.